The molecular formula is C17H17ClN2O2. The van der Waals surface area contributed by atoms with Crippen LogP contribution in [-0.4, -0.2) is 17.7 Å². The van der Waals surface area contributed by atoms with Gasteiger partial charge in [-0.3, -0.25) is 5.43 Å². The molecule has 1 unspecified atom stereocenters. The van der Waals surface area contributed by atoms with Crippen LogP contribution in [0.5, 0.6) is 0 Å². The molecule has 2 aromatic carbocycles. The Hall–Kier alpha value is -2.33. The predicted octanol–water partition coefficient (Wildman–Crippen LogP) is 2.92. The zero-order valence-electron chi connectivity index (χ0n) is 11.9. The Balaban J connectivity index is 0.00000176. The van der Waals surface area contributed by atoms with E-state index in [1.54, 1.807) is 0 Å². The molecule has 2 aromatic rings. The van der Waals surface area contributed by atoms with Crippen LogP contribution in [-0.2, 0) is 16.1 Å². The zero-order chi connectivity index (χ0) is 14.5. The first-order chi connectivity index (χ1) is 10.3. The molecule has 5 heteroatoms. The number of carbonyl (C=O) groups excluding carboxylic acids is 1. The minimum atomic E-state index is -0.399. The van der Waals surface area contributed by atoms with Crippen LogP contribution in [0.15, 0.2) is 65.8 Å². The van der Waals surface area contributed by atoms with Crippen molar-refractivity contribution in [2.45, 2.75) is 19.1 Å². The second-order valence-electron chi connectivity index (χ2n) is 4.90. The summed E-state index contributed by atoms with van der Waals surface area (Å²) in [6.07, 6.45) is 0.553. The molecule has 0 bridgehead atoms. The Morgan fingerprint density at radius 2 is 1.73 bits per heavy atom. The first-order valence-electron chi connectivity index (χ1n) is 6.91. The second kappa shape index (κ2) is 7.61. The van der Waals surface area contributed by atoms with Crippen LogP contribution >= 0.6 is 12.4 Å². The first-order valence-corrected chi connectivity index (χ1v) is 6.91. The van der Waals surface area contributed by atoms with Crippen LogP contribution in [0.1, 0.15) is 17.5 Å². The molecule has 0 aromatic heterocycles. The van der Waals surface area contributed by atoms with Crippen LogP contribution in [0.25, 0.3) is 0 Å². The van der Waals surface area contributed by atoms with Gasteiger partial charge in [0.05, 0.1) is 5.71 Å². The fourth-order valence-electron chi connectivity index (χ4n) is 2.22. The van der Waals surface area contributed by atoms with Crippen molar-refractivity contribution >= 4 is 24.1 Å². The molecule has 1 heterocycles. The van der Waals surface area contributed by atoms with Gasteiger partial charge < -0.3 is 4.74 Å². The topological polar surface area (TPSA) is 50.7 Å². The number of rotatable bonds is 4. The van der Waals surface area contributed by atoms with E-state index in [0.29, 0.717) is 13.0 Å². The maximum atomic E-state index is 12.0. The largest absolute Gasteiger partial charge is 0.459 e. The van der Waals surface area contributed by atoms with Gasteiger partial charge in [0, 0.05) is 6.42 Å². The fourth-order valence-corrected chi connectivity index (χ4v) is 2.22. The van der Waals surface area contributed by atoms with Gasteiger partial charge in [0.2, 0.25) is 0 Å². The zero-order valence-corrected chi connectivity index (χ0v) is 12.8. The van der Waals surface area contributed by atoms with Crippen LogP contribution in [0, 0.1) is 0 Å². The number of ether oxygens (including phenoxy) is 1. The highest BCUT2D eigenvalue weighted by Crippen LogP contribution is 2.13. The molecule has 0 saturated heterocycles. The number of hydrogen-bond donors (Lipinski definition) is 1. The van der Waals surface area contributed by atoms with Gasteiger partial charge in [-0.1, -0.05) is 60.7 Å². The van der Waals surface area contributed by atoms with Crippen molar-refractivity contribution in [2.24, 2.45) is 5.10 Å². The van der Waals surface area contributed by atoms with Crippen molar-refractivity contribution < 1.29 is 9.53 Å². The lowest BCUT2D eigenvalue weighted by Gasteiger charge is -2.10. The summed E-state index contributed by atoms with van der Waals surface area (Å²) in [5, 5.41) is 4.23. The van der Waals surface area contributed by atoms with Gasteiger partial charge in [0.15, 0.2) is 0 Å². The van der Waals surface area contributed by atoms with E-state index in [0.717, 1.165) is 16.8 Å². The van der Waals surface area contributed by atoms with Gasteiger partial charge in [-0.2, -0.15) is 5.10 Å². The highest BCUT2D eigenvalue weighted by Gasteiger charge is 2.27. The monoisotopic (exact) mass is 316 g/mol. The maximum Gasteiger partial charge on any atom is 0.330 e. The van der Waals surface area contributed by atoms with E-state index in [1.165, 1.54) is 0 Å². The van der Waals surface area contributed by atoms with Crippen LogP contribution in [0.4, 0.5) is 0 Å². The fraction of sp³-hybridized carbons (Fsp3) is 0.176. The molecule has 1 N–H and O–H groups in total. The standard InChI is InChI=1S/C17H16N2O2.ClH/c20-17(21-12-13-7-3-1-4-8-13)16-11-15(18-19-16)14-9-5-2-6-10-14;/h1-10,16,19H,11-12H2;1H. The summed E-state index contributed by atoms with van der Waals surface area (Å²) in [7, 11) is 0. The van der Waals surface area contributed by atoms with Crippen molar-refractivity contribution in [1.82, 2.24) is 5.43 Å². The summed E-state index contributed by atoms with van der Waals surface area (Å²) in [5.74, 6) is -0.270. The van der Waals surface area contributed by atoms with Crippen molar-refractivity contribution in [3.05, 3.63) is 71.8 Å². The van der Waals surface area contributed by atoms with Crippen LogP contribution in [0.2, 0.25) is 0 Å². The molecule has 22 heavy (non-hydrogen) atoms. The molecule has 0 amide bonds. The molecule has 1 aliphatic heterocycles. The van der Waals surface area contributed by atoms with Crippen molar-refractivity contribution in [1.29, 1.82) is 0 Å². The van der Waals surface area contributed by atoms with Crippen molar-refractivity contribution in [3.63, 3.8) is 0 Å². The SMILES string of the molecule is Cl.O=C(OCc1ccccc1)C1CC(c2ccccc2)=NN1. The molecule has 0 spiro atoms. The molecule has 4 nitrogen and oxygen atoms in total. The van der Waals surface area contributed by atoms with Gasteiger partial charge in [-0.25, -0.2) is 4.79 Å². The number of benzene rings is 2. The summed E-state index contributed by atoms with van der Waals surface area (Å²) in [6.45, 7) is 0.290. The average molecular weight is 317 g/mol. The second-order valence-corrected chi connectivity index (χ2v) is 4.90. The average Bonchev–Trinajstić information content (AvgIpc) is 3.04. The van der Waals surface area contributed by atoms with E-state index in [9.17, 15) is 4.79 Å². The highest BCUT2D eigenvalue weighted by atomic mass is 35.5. The number of hydrazone groups is 1. The lowest BCUT2D eigenvalue weighted by molar-refractivity contribution is -0.147. The number of esters is 1. The third-order valence-corrected chi connectivity index (χ3v) is 3.37. The van der Waals surface area contributed by atoms with Gasteiger partial charge >= 0.3 is 5.97 Å². The molecule has 1 aliphatic rings. The van der Waals surface area contributed by atoms with Gasteiger partial charge in [0.1, 0.15) is 12.6 Å². The number of carbonyl (C=O) groups is 1. The Bertz CT molecular complexity index is 644. The summed E-state index contributed by atoms with van der Waals surface area (Å²) in [5.41, 5.74) is 5.75. The first kappa shape index (κ1) is 16.0. The van der Waals surface area contributed by atoms with E-state index in [4.69, 9.17) is 4.74 Å². The normalized spacial score (nSPS) is 16.2. The lowest BCUT2D eigenvalue weighted by Crippen LogP contribution is -2.31. The third kappa shape index (κ3) is 3.86. The molecule has 0 saturated carbocycles. The maximum absolute atomic E-state index is 12.0. The number of halogens is 1. The molecule has 1 atom stereocenters. The highest BCUT2D eigenvalue weighted by molar-refractivity contribution is 6.04. The van der Waals surface area contributed by atoms with Crippen LogP contribution in [0.3, 0.4) is 0 Å². The van der Waals surface area contributed by atoms with Gasteiger partial charge in [0.25, 0.3) is 0 Å². The van der Waals surface area contributed by atoms with Gasteiger partial charge in [-0.15, -0.1) is 12.4 Å². The van der Waals surface area contributed by atoms with E-state index in [2.05, 4.69) is 10.5 Å². The molecule has 0 fully saturated rings. The van der Waals surface area contributed by atoms with Crippen molar-refractivity contribution in [2.75, 3.05) is 0 Å². The van der Waals surface area contributed by atoms with E-state index >= 15 is 0 Å². The van der Waals surface area contributed by atoms with Gasteiger partial charge in [-0.05, 0) is 11.1 Å². The minimum Gasteiger partial charge on any atom is -0.459 e. The smallest absolute Gasteiger partial charge is 0.330 e. The Morgan fingerprint density at radius 1 is 1.09 bits per heavy atom. The van der Waals surface area contributed by atoms with Crippen molar-refractivity contribution in [3.8, 4) is 0 Å². The molecule has 0 radical (unpaired) electrons. The number of nitrogens with one attached hydrogen (secondary N) is 1. The number of nitrogens with zero attached hydrogens (tertiary/aromatic N) is 1. The molecule has 114 valence electrons. The van der Waals surface area contributed by atoms with E-state index in [1.807, 2.05) is 60.7 Å². The molecule has 0 aliphatic carbocycles. The Labute approximate surface area is 135 Å². The lowest BCUT2D eigenvalue weighted by atomic mass is 10.0. The number of hydrogen-bond acceptors (Lipinski definition) is 4. The third-order valence-electron chi connectivity index (χ3n) is 3.37. The quantitative estimate of drug-likeness (QED) is 0.882. The Morgan fingerprint density at radius 3 is 2.41 bits per heavy atom. The Kier molecular flexibility index (Phi) is 5.55. The predicted molar refractivity (Wildman–Crippen MR) is 88.0 cm³/mol. The molecule has 3 rings (SSSR count). The molecular weight excluding hydrogens is 300 g/mol. The summed E-state index contributed by atoms with van der Waals surface area (Å²) in [6, 6.07) is 19.1. The summed E-state index contributed by atoms with van der Waals surface area (Å²) >= 11 is 0. The van der Waals surface area contributed by atoms with E-state index in [-0.39, 0.29) is 18.4 Å². The summed E-state index contributed by atoms with van der Waals surface area (Å²) < 4.78 is 5.32. The summed E-state index contributed by atoms with van der Waals surface area (Å²) in [4.78, 5) is 12.0. The minimum absolute atomic E-state index is 0. The van der Waals surface area contributed by atoms with Crippen LogP contribution < -0.4 is 5.43 Å². The van der Waals surface area contributed by atoms with E-state index < -0.39 is 6.04 Å².